The van der Waals surface area contributed by atoms with Crippen LogP contribution < -0.4 is 10.6 Å². The van der Waals surface area contributed by atoms with Gasteiger partial charge in [-0.15, -0.1) is 24.0 Å². The van der Waals surface area contributed by atoms with Crippen LogP contribution in [0.2, 0.25) is 0 Å². The number of hydrogen-bond acceptors (Lipinski definition) is 3. The molecule has 2 N–H and O–H groups in total. The van der Waals surface area contributed by atoms with Gasteiger partial charge >= 0.3 is 0 Å². The summed E-state index contributed by atoms with van der Waals surface area (Å²) in [7, 11) is 5.78. The first kappa shape index (κ1) is 25.1. The lowest BCUT2D eigenvalue weighted by molar-refractivity contribution is 0.108. The topological polar surface area (TPSA) is 48.9 Å². The highest BCUT2D eigenvalue weighted by molar-refractivity contribution is 14.0. The molecule has 7 heteroatoms. The number of ether oxygens (including phenoxy) is 1. The molecule has 1 aromatic rings. The highest BCUT2D eigenvalue weighted by Gasteiger charge is 2.14. The number of rotatable bonds is 10. The van der Waals surface area contributed by atoms with Crippen molar-refractivity contribution in [3.05, 3.63) is 35.6 Å². The molecule has 1 unspecified atom stereocenters. The lowest BCUT2D eigenvalue weighted by Crippen LogP contribution is -2.42. The summed E-state index contributed by atoms with van der Waals surface area (Å²) in [6.07, 6.45) is 0.933. The van der Waals surface area contributed by atoms with Crippen LogP contribution in [0.15, 0.2) is 29.3 Å². The molecule has 0 radical (unpaired) electrons. The van der Waals surface area contributed by atoms with E-state index in [9.17, 15) is 4.39 Å². The van der Waals surface area contributed by atoms with Crippen LogP contribution in [0.4, 0.5) is 4.39 Å². The summed E-state index contributed by atoms with van der Waals surface area (Å²) >= 11 is 0. The van der Waals surface area contributed by atoms with E-state index in [2.05, 4.69) is 34.4 Å². The van der Waals surface area contributed by atoms with Gasteiger partial charge in [0.2, 0.25) is 0 Å². The van der Waals surface area contributed by atoms with Crippen molar-refractivity contribution in [3.8, 4) is 0 Å². The number of halogens is 2. The summed E-state index contributed by atoms with van der Waals surface area (Å²) in [5.41, 5.74) is 1.07. The molecule has 0 bridgehead atoms. The van der Waals surface area contributed by atoms with E-state index in [4.69, 9.17) is 4.74 Å². The van der Waals surface area contributed by atoms with Crippen LogP contribution >= 0.6 is 24.0 Å². The Balaban J connectivity index is 0.00000625. The van der Waals surface area contributed by atoms with Gasteiger partial charge in [0.05, 0.1) is 6.04 Å². The highest BCUT2D eigenvalue weighted by atomic mass is 127. The van der Waals surface area contributed by atoms with Gasteiger partial charge in [-0.3, -0.25) is 4.99 Å². The van der Waals surface area contributed by atoms with Gasteiger partial charge in [-0.1, -0.05) is 26.0 Å². The molecular formula is C19H34FIN4O. The van der Waals surface area contributed by atoms with E-state index in [1.54, 1.807) is 7.05 Å². The zero-order valence-electron chi connectivity index (χ0n) is 16.6. The van der Waals surface area contributed by atoms with Crippen molar-refractivity contribution >= 4 is 29.9 Å². The number of aliphatic imine (C=N–C) groups is 1. The molecule has 0 spiro atoms. The summed E-state index contributed by atoms with van der Waals surface area (Å²) < 4.78 is 18.7. The summed E-state index contributed by atoms with van der Waals surface area (Å²) in [6.45, 7) is 7.33. The van der Waals surface area contributed by atoms with E-state index in [-0.39, 0.29) is 35.8 Å². The van der Waals surface area contributed by atoms with Gasteiger partial charge < -0.3 is 20.3 Å². The Kier molecular flexibility index (Phi) is 13.7. The molecule has 0 fully saturated rings. The summed E-state index contributed by atoms with van der Waals surface area (Å²) in [6, 6.07) is 6.77. The molecular weight excluding hydrogens is 446 g/mol. The van der Waals surface area contributed by atoms with E-state index in [0.717, 1.165) is 37.7 Å². The maximum atomic E-state index is 13.1. The zero-order valence-corrected chi connectivity index (χ0v) is 18.9. The maximum absolute atomic E-state index is 13.1. The Morgan fingerprint density at radius 3 is 2.38 bits per heavy atom. The Morgan fingerprint density at radius 2 is 1.85 bits per heavy atom. The third-order valence-corrected chi connectivity index (χ3v) is 3.77. The molecule has 0 aliphatic heterocycles. The van der Waals surface area contributed by atoms with Crippen molar-refractivity contribution in [2.75, 3.05) is 47.4 Å². The molecule has 26 heavy (non-hydrogen) atoms. The molecule has 1 atom stereocenters. The van der Waals surface area contributed by atoms with Crippen molar-refractivity contribution in [3.63, 3.8) is 0 Å². The highest BCUT2D eigenvalue weighted by Crippen LogP contribution is 2.17. The van der Waals surface area contributed by atoms with E-state index < -0.39 is 0 Å². The van der Waals surface area contributed by atoms with Crippen molar-refractivity contribution in [1.82, 2.24) is 15.5 Å². The average Bonchev–Trinajstić information content (AvgIpc) is 2.57. The maximum Gasteiger partial charge on any atom is 0.191 e. The predicted octanol–water partition coefficient (Wildman–Crippen LogP) is 3.27. The second kappa shape index (κ2) is 14.2. The van der Waals surface area contributed by atoms with Crippen LogP contribution in [0.3, 0.4) is 0 Å². The van der Waals surface area contributed by atoms with Gasteiger partial charge in [0.1, 0.15) is 5.82 Å². The minimum atomic E-state index is -0.216. The van der Waals surface area contributed by atoms with Crippen molar-refractivity contribution in [1.29, 1.82) is 0 Å². The molecule has 0 aliphatic carbocycles. The minimum Gasteiger partial charge on any atom is -0.381 e. The van der Waals surface area contributed by atoms with Crippen LogP contribution in [-0.2, 0) is 4.74 Å². The van der Waals surface area contributed by atoms with Crippen molar-refractivity contribution in [2.24, 2.45) is 10.9 Å². The normalized spacial score (nSPS) is 12.8. The second-order valence-corrected chi connectivity index (χ2v) is 6.73. The molecule has 1 rings (SSSR count). The fraction of sp³-hybridized carbons (Fsp3) is 0.632. The van der Waals surface area contributed by atoms with Crippen molar-refractivity contribution in [2.45, 2.75) is 26.3 Å². The molecule has 0 saturated heterocycles. The fourth-order valence-electron chi connectivity index (χ4n) is 2.40. The van der Waals surface area contributed by atoms with Crippen LogP contribution in [-0.4, -0.2) is 58.3 Å². The van der Waals surface area contributed by atoms with Crippen LogP contribution in [0.1, 0.15) is 31.9 Å². The van der Waals surface area contributed by atoms with Crippen molar-refractivity contribution < 1.29 is 9.13 Å². The number of likely N-dealkylation sites (N-methyl/N-ethyl adjacent to an activating group) is 1. The predicted molar refractivity (Wildman–Crippen MR) is 118 cm³/mol. The smallest absolute Gasteiger partial charge is 0.191 e. The standard InChI is InChI=1S/C19H33FN4O.HI/c1-15(2)14-25-12-6-11-22-19(21-3)23-13-18(24(4)5)16-7-9-17(20)10-8-16;/h7-10,15,18H,6,11-14H2,1-5H3,(H2,21,22,23);1H. The molecule has 0 heterocycles. The van der Waals surface area contributed by atoms with Gasteiger partial charge in [-0.2, -0.15) is 0 Å². The van der Waals surface area contributed by atoms with Gasteiger partial charge in [0.25, 0.3) is 0 Å². The minimum absolute atomic E-state index is 0. The third-order valence-electron chi connectivity index (χ3n) is 3.77. The lowest BCUT2D eigenvalue weighted by Gasteiger charge is -2.26. The zero-order chi connectivity index (χ0) is 18.7. The van der Waals surface area contributed by atoms with Crippen LogP contribution in [0.5, 0.6) is 0 Å². The Hall–Kier alpha value is -0.930. The molecule has 0 saturated carbocycles. The van der Waals surface area contributed by atoms with E-state index in [1.807, 2.05) is 26.2 Å². The quantitative estimate of drug-likeness (QED) is 0.234. The first-order chi connectivity index (χ1) is 11.9. The number of nitrogens with one attached hydrogen (secondary N) is 2. The number of hydrogen-bond donors (Lipinski definition) is 2. The third kappa shape index (κ3) is 10.3. The molecule has 0 amide bonds. The fourth-order valence-corrected chi connectivity index (χ4v) is 2.40. The van der Waals surface area contributed by atoms with Gasteiger partial charge in [-0.05, 0) is 44.1 Å². The SMILES string of the molecule is CN=C(NCCCOCC(C)C)NCC(c1ccc(F)cc1)N(C)C.I. The largest absolute Gasteiger partial charge is 0.381 e. The van der Waals surface area contributed by atoms with Gasteiger partial charge in [-0.25, -0.2) is 4.39 Å². The molecule has 0 aromatic heterocycles. The van der Waals surface area contributed by atoms with E-state index in [0.29, 0.717) is 12.5 Å². The monoisotopic (exact) mass is 480 g/mol. The summed E-state index contributed by atoms with van der Waals surface area (Å²) in [5.74, 6) is 1.11. The van der Waals surface area contributed by atoms with Crippen LogP contribution in [0.25, 0.3) is 0 Å². The van der Waals surface area contributed by atoms with Crippen LogP contribution in [0, 0.1) is 11.7 Å². The Labute approximate surface area is 174 Å². The first-order valence-corrected chi connectivity index (χ1v) is 8.88. The second-order valence-electron chi connectivity index (χ2n) is 6.73. The molecule has 1 aromatic carbocycles. The average molecular weight is 480 g/mol. The number of guanidine groups is 1. The summed E-state index contributed by atoms with van der Waals surface area (Å²) in [4.78, 5) is 6.35. The first-order valence-electron chi connectivity index (χ1n) is 8.88. The Morgan fingerprint density at radius 1 is 1.19 bits per heavy atom. The molecule has 0 aliphatic rings. The summed E-state index contributed by atoms with van der Waals surface area (Å²) in [5, 5.41) is 6.63. The van der Waals surface area contributed by atoms with E-state index in [1.165, 1.54) is 12.1 Å². The molecule has 150 valence electrons. The van der Waals surface area contributed by atoms with Gasteiger partial charge in [0.15, 0.2) is 5.96 Å². The van der Waals surface area contributed by atoms with E-state index >= 15 is 0 Å². The lowest BCUT2D eigenvalue weighted by atomic mass is 10.1. The number of nitrogens with zero attached hydrogens (tertiary/aromatic N) is 2. The van der Waals surface area contributed by atoms with Gasteiger partial charge in [0, 0.05) is 33.4 Å². The molecule has 5 nitrogen and oxygen atoms in total. The Bertz CT molecular complexity index is 509. The number of benzene rings is 1.